The van der Waals surface area contributed by atoms with Crippen LogP contribution in [0.25, 0.3) is 0 Å². The van der Waals surface area contributed by atoms with Gasteiger partial charge in [-0.2, -0.15) is 8.42 Å². The molecule has 1 N–H and O–H groups in total. The third-order valence-corrected chi connectivity index (χ3v) is 7.37. The molecule has 0 radical (unpaired) electrons. The minimum atomic E-state index is -5.70. The predicted octanol–water partition coefficient (Wildman–Crippen LogP) is 4.24. The second kappa shape index (κ2) is 11.8. The summed E-state index contributed by atoms with van der Waals surface area (Å²) in [6.45, 7) is -0.319. The van der Waals surface area contributed by atoms with Crippen molar-refractivity contribution >= 4 is 95.8 Å². The van der Waals surface area contributed by atoms with E-state index in [1.54, 1.807) is 22.6 Å². The molecule has 0 bridgehead atoms. The zero-order chi connectivity index (χ0) is 26.8. The van der Waals surface area contributed by atoms with E-state index in [2.05, 4.69) is 4.74 Å². The second-order valence-electron chi connectivity index (χ2n) is 6.16. The molecule has 2 rings (SSSR count). The van der Waals surface area contributed by atoms with Gasteiger partial charge in [0.05, 0.1) is 12.7 Å². The number of esters is 3. The minimum absolute atomic E-state index is 0.0104. The molecule has 0 unspecified atom stereocenters. The molecular weight excluding hydrogens is 849 g/mol. The lowest BCUT2D eigenvalue weighted by molar-refractivity contribution is -0.132. The van der Waals surface area contributed by atoms with Gasteiger partial charge in [-0.25, -0.2) is 27.2 Å². The fraction of sp³-hybridized carbons (Fsp3) is 0.167. The van der Waals surface area contributed by atoms with E-state index in [1.807, 2.05) is 45.2 Å². The monoisotopic (exact) mass is 858 g/mol. The van der Waals surface area contributed by atoms with Crippen LogP contribution >= 0.6 is 67.8 Å². The highest BCUT2D eigenvalue weighted by atomic mass is 127. The van der Waals surface area contributed by atoms with Crippen LogP contribution in [-0.2, 0) is 24.4 Å². The average Bonchev–Trinajstić information content (AvgIpc) is 2.71. The highest BCUT2D eigenvalue weighted by Gasteiger charge is 2.35. The van der Waals surface area contributed by atoms with E-state index < -0.39 is 75.0 Å². The van der Waals surface area contributed by atoms with E-state index in [0.29, 0.717) is 7.14 Å². The van der Waals surface area contributed by atoms with Gasteiger partial charge in [-0.15, -0.1) is 0 Å². The van der Waals surface area contributed by atoms with Gasteiger partial charge in [-0.05, 0) is 73.8 Å². The summed E-state index contributed by atoms with van der Waals surface area (Å²) in [5.41, 5.74) is -1.89. The fourth-order valence-electron chi connectivity index (χ4n) is 2.43. The topological polar surface area (TPSA) is 133 Å². The predicted molar refractivity (Wildman–Crippen MR) is 133 cm³/mol. The molecule has 17 heteroatoms. The van der Waals surface area contributed by atoms with E-state index in [-0.39, 0.29) is 14.9 Å². The summed E-state index contributed by atoms with van der Waals surface area (Å²) >= 11 is 5.47. The number of carbonyl (C=O) groups excluding carboxylic acids is 3. The molecular formula is C18H9F4I3O9S. The molecule has 2 aromatic rings. The molecule has 0 amide bonds. The van der Waals surface area contributed by atoms with E-state index in [4.69, 9.17) is 14.0 Å². The first kappa shape index (κ1) is 29.9. The zero-order valence-electron chi connectivity index (χ0n) is 16.8. The van der Waals surface area contributed by atoms with Crippen LogP contribution in [0.2, 0.25) is 0 Å². The van der Waals surface area contributed by atoms with Crippen molar-refractivity contribution in [2.24, 2.45) is 0 Å². The Morgan fingerprint density at radius 2 is 1.31 bits per heavy atom. The van der Waals surface area contributed by atoms with Gasteiger partial charge in [0, 0.05) is 10.5 Å². The van der Waals surface area contributed by atoms with Crippen LogP contribution in [0, 0.1) is 34.0 Å². The largest absolute Gasteiger partial charge is 0.458 e. The molecule has 0 saturated heterocycles. The van der Waals surface area contributed by atoms with Crippen LogP contribution in [0.3, 0.4) is 0 Å². The van der Waals surface area contributed by atoms with Gasteiger partial charge < -0.3 is 14.2 Å². The first-order valence-electron chi connectivity index (χ1n) is 8.63. The average molecular weight is 858 g/mol. The summed E-state index contributed by atoms with van der Waals surface area (Å²) in [6, 6.07) is 1.53. The SMILES string of the molecule is CC(=O)Oc1c(I)cc(I)c(C(=O)OCCOC(=O)c2c(F)c(F)c(S(=O)(=O)O)c(F)c2F)c1I. The second-order valence-corrected chi connectivity index (χ2v) is 10.9. The van der Waals surface area contributed by atoms with Crippen molar-refractivity contribution in [3.05, 3.63) is 51.2 Å². The molecule has 0 atom stereocenters. The molecule has 0 heterocycles. The minimum Gasteiger partial charge on any atom is -0.458 e. The van der Waals surface area contributed by atoms with Crippen LogP contribution in [0.1, 0.15) is 27.6 Å². The molecule has 0 aliphatic heterocycles. The Labute approximate surface area is 235 Å². The maximum atomic E-state index is 14.0. The molecule has 0 spiro atoms. The number of halogens is 7. The normalized spacial score (nSPS) is 11.2. The molecule has 190 valence electrons. The highest BCUT2D eigenvalue weighted by molar-refractivity contribution is 14.1. The smallest absolute Gasteiger partial charge is 0.344 e. The Bertz CT molecular complexity index is 1320. The Morgan fingerprint density at radius 3 is 1.74 bits per heavy atom. The number of carbonyl (C=O) groups is 3. The Morgan fingerprint density at radius 1 is 0.857 bits per heavy atom. The summed E-state index contributed by atoms with van der Waals surface area (Å²) in [5.74, 6) is -13.3. The first-order chi connectivity index (χ1) is 16.1. The first-order valence-corrected chi connectivity index (χ1v) is 13.3. The lowest BCUT2D eigenvalue weighted by atomic mass is 10.2. The van der Waals surface area contributed by atoms with Crippen molar-refractivity contribution in [2.75, 3.05) is 13.2 Å². The number of ether oxygens (including phenoxy) is 3. The molecule has 0 saturated carbocycles. The van der Waals surface area contributed by atoms with Crippen molar-refractivity contribution in [1.82, 2.24) is 0 Å². The van der Waals surface area contributed by atoms with Crippen LogP contribution in [-0.4, -0.2) is 44.1 Å². The maximum Gasteiger partial charge on any atom is 0.344 e. The van der Waals surface area contributed by atoms with Crippen LogP contribution < -0.4 is 4.74 Å². The maximum absolute atomic E-state index is 14.0. The van der Waals surface area contributed by atoms with Gasteiger partial charge >= 0.3 is 28.0 Å². The van der Waals surface area contributed by atoms with Crippen molar-refractivity contribution in [2.45, 2.75) is 11.8 Å². The molecule has 0 aromatic heterocycles. The number of hydrogen-bond donors (Lipinski definition) is 1. The quantitative estimate of drug-likeness (QED) is 0.0827. The van der Waals surface area contributed by atoms with E-state index in [0.717, 1.165) is 6.92 Å². The molecule has 0 fully saturated rings. The van der Waals surface area contributed by atoms with Crippen LogP contribution in [0.15, 0.2) is 11.0 Å². The zero-order valence-corrected chi connectivity index (χ0v) is 24.0. The number of rotatable bonds is 7. The fourth-order valence-corrected chi connectivity index (χ4v) is 7.09. The molecule has 9 nitrogen and oxygen atoms in total. The molecule has 35 heavy (non-hydrogen) atoms. The van der Waals surface area contributed by atoms with Gasteiger partial charge in [0.15, 0.2) is 33.9 Å². The van der Waals surface area contributed by atoms with Crippen molar-refractivity contribution in [3.8, 4) is 5.75 Å². The third kappa shape index (κ3) is 6.71. The molecule has 0 aliphatic carbocycles. The number of benzene rings is 2. The summed E-state index contributed by atoms with van der Waals surface area (Å²) in [4.78, 5) is 33.4. The summed E-state index contributed by atoms with van der Waals surface area (Å²) in [6.07, 6.45) is 0. The lowest BCUT2D eigenvalue weighted by Gasteiger charge is -2.14. The van der Waals surface area contributed by atoms with Gasteiger partial charge in [0.25, 0.3) is 0 Å². The summed E-state index contributed by atoms with van der Waals surface area (Å²) < 4.78 is 102. The van der Waals surface area contributed by atoms with Gasteiger partial charge in [-0.3, -0.25) is 9.35 Å². The standard InChI is InChI=1S/C18H9F4I3O9S/c1-5(26)34-15-7(24)4-6(23)8(14(15)25)17(27)32-2-3-33-18(28)9-10(19)12(21)16(35(29,30)31)13(22)11(9)20/h4H,2-3H2,1H3,(H,29,30,31). The third-order valence-electron chi connectivity index (χ3n) is 3.81. The van der Waals surface area contributed by atoms with E-state index in [9.17, 15) is 40.4 Å². The van der Waals surface area contributed by atoms with Gasteiger partial charge in [-0.1, -0.05) is 0 Å². The van der Waals surface area contributed by atoms with E-state index in [1.165, 1.54) is 6.07 Å². The Kier molecular flexibility index (Phi) is 10.1. The van der Waals surface area contributed by atoms with Crippen molar-refractivity contribution < 1.29 is 59.1 Å². The number of hydrogen-bond acceptors (Lipinski definition) is 8. The van der Waals surface area contributed by atoms with E-state index >= 15 is 0 Å². The molecule has 2 aromatic carbocycles. The van der Waals surface area contributed by atoms with Crippen LogP contribution in [0.4, 0.5) is 17.6 Å². The lowest BCUT2D eigenvalue weighted by Crippen LogP contribution is -2.20. The van der Waals surface area contributed by atoms with Crippen LogP contribution in [0.5, 0.6) is 5.75 Å². The van der Waals surface area contributed by atoms with Gasteiger partial charge in [0.1, 0.15) is 18.8 Å². The van der Waals surface area contributed by atoms with Gasteiger partial charge in [0.2, 0.25) is 0 Å². The Hall–Kier alpha value is -1.33. The van der Waals surface area contributed by atoms with Crippen molar-refractivity contribution in [3.63, 3.8) is 0 Å². The summed E-state index contributed by atoms with van der Waals surface area (Å²) in [5, 5.41) is 0. The van der Waals surface area contributed by atoms with Crippen molar-refractivity contribution in [1.29, 1.82) is 0 Å². The summed E-state index contributed by atoms with van der Waals surface area (Å²) in [7, 11) is -5.70. The molecule has 0 aliphatic rings. The highest BCUT2D eigenvalue weighted by Crippen LogP contribution is 2.34. The Balaban J connectivity index is 2.16.